The van der Waals surface area contributed by atoms with Gasteiger partial charge in [-0.15, -0.1) is 0 Å². The molecule has 2 aromatic carbocycles. The molecule has 3 N–H and O–H groups in total. The normalized spacial score (nSPS) is 10.2. The number of ether oxygens (including phenoxy) is 1. The van der Waals surface area contributed by atoms with E-state index in [1.54, 1.807) is 18.2 Å². The molecule has 0 aliphatic rings. The monoisotopic (exact) mass is 291 g/mol. The van der Waals surface area contributed by atoms with Crippen LogP contribution in [0.3, 0.4) is 0 Å². The van der Waals surface area contributed by atoms with Crippen molar-refractivity contribution in [1.29, 1.82) is 0 Å². The molecule has 0 unspecified atom stereocenters. The van der Waals surface area contributed by atoms with Crippen LogP contribution in [-0.4, -0.2) is 23.3 Å². The molecular weight excluding hydrogens is 277 g/mol. The number of methoxy groups -OCH3 is 1. The fourth-order valence-corrected chi connectivity index (χ4v) is 1.87. The van der Waals surface area contributed by atoms with Crippen LogP contribution in [0.4, 0.5) is 10.1 Å². The third-order valence-electron chi connectivity index (χ3n) is 2.98. The fourth-order valence-electron chi connectivity index (χ4n) is 1.87. The summed E-state index contributed by atoms with van der Waals surface area (Å²) in [4.78, 5) is 10.9. The van der Waals surface area contributed by atoms with Gasteiger partial charge in [0.25, 0.3) is 0 Å². The molecule has 0 amide bonds. The number of phenolic OH excluding ortho intramolecular Hbond substituents is 1. The molecule has 0 saturated carbocycles. The van der Waals surface area contributed by atoms with Crippen LogP contribution in [0.1, 0.15) is 15.9 Å². The molecule has 0 aromatic heterocycles. The summed E-state index contributed by atoms with van der Waals surface area (Å²) in [6, 6.07) is 8.76. The zero-order chi connectivity index (χ0) is 15.4. The fraction of sp³-hybridized carbons (Fsp3) is 0.133. The zero-order valence-corrected chi connectivity index (χ0v) is 11.3. The van der Waals surface area contributed by atoms with Gasteiger partial charge in [0.2, 0.25) is 0 Å². The summed E-state index contributed by atoms with van der Waals surface area (Å²) in [5, 5.41) is 21.7. The Morgan fingerprint density at radius 2 is 2.10 bits per heavy atom. The SMILES string of the molecule is COc1cccc(CNc2ccc(F)c(C(=O)O)c2)c1O. The average molecular weight is 291 g/mol. The maximum atomic E-state index is 13.3. The van der Waals surface area contributed by atoms with E-state index in [9.17, 15) is 14.3 Å². The van der Waals surface area contributed by atoms with Gasteiger partial charge < -0.3 is 20.3 Å². The molecule has 0 aliphatic carbocycles. The van der Waals surface area contributed by atoms with E-state index in [2.05, 4.69) is 5.32 Å². The third-order valence-corrected chi connectivity index (χ3v) is 2.98. The highest BCUT2D eigenvalue weighted by molar-refractivity contribution is 5.89. The number of phenols is 1. The van der Waals surface area contributed by atoms with Gasteiger partial charge in [0, 0.05) is 17.8 Å². The Balaban J connectivity index is 2.17. The lowest BCUT2D eigenvalue weighted by atomic mass is 10.1. The second-order valence-electron chi connectivity index (χ2n) is 4.32. The first kappa shape index (κ1) is 14.6. The first-order valence-electron chi connectivity index (χ1n) is 6.14. The van der Waals surface area contributed by atoms with Crippen LogP contribution in [0.25, 0.3) is 0 Å². The lowest BCUT2D eigenvalue weighted by Gasteiger charge is -2.11. The molecule has 110 valence electrons. The van der Waals surface area contributed by atoms with Crippen molar-refractivity contribution >= 4 is 11.7 Å². The minimum absolute atomic E-state index is 0.00747. The zero-order valence-electron chi connectivity index (χ0n) is 11.3. The quantitative estimate of drug-likeness (QED) is 0.789. The maximum absolute atomic E-state index is 13.3. The predicted octanol–water partition coefficient (Wildman–Crippen LogP) is 2.85. The number of aromatic hydroxyl groups is 1. The first-order chi connectivity index (χ1) is 10.0. The highest BCUT2D eigenvalue weighted by Crippen LogP contribution is 2.29. The number of para-hydroxylation sites is 1. The van der Waals surface area contributed by atoms with Gasteiger partial charge in [-0.25, -0.2) is 9.18 Å². The topological polar surface area (TPSA) is 78.8 Å². The lowest BCUT2D eigenvalue weighted by molar-refractivity contribution is 0.0692. The highest BCUT2D eigenvalue weighted by Gasteiger charge is 2.11. The molecule has 0 radical (unpaired) electrons. The Morgan fingerprint density at radius 3 is 2.76 bits per heavy atom. The van der Waals surface area contributed by atoms with Crippen molar-refractivity contribution in [2.24, 2.45) is 0 Å². The van der Waals surface area contributed by atoms with Gasteiger partial charge in [0.15, 0.2) is 11.5 Å². The van der Waals surface area contributed by atoms with Crippen LogP contribution in [0, 0.1) is 5.82 Å². The van der Waals surface area contributed by atoms with Gasteiger partial charge in [0.05, 0.1) is 12.7 Å². The van der Waals surface area contributed by atoms with Crippen LogP contribution >= 0.6 is 0 Å². The number of anilines is 1. The second-order valence-corrected chi connectivity index (χ2v) is 4.32. The van der Waals surface area contributed by atoms with Crippen LogP contribution in [-0.2, 0) is 6.54 Å². The molecule has 5 nitrogen and oxygen atoms in total. The van der Waals surface area contributed by atoms with Crippen molar-refractivity contribution in [3.63, 3.8) is 0 Å². The highest BCUT2D eigenvalue weighted by atomic mass is 19.1. The van der Waals surface area contributed by atoms with Crippen LogP contribution in [0.2, 0.25) is 0 Å². The van der Waals surface area contributed by atoms with Crippen LogP contribution < -0.4 is 10.1 Å². The number of carboxylic acids is 1. The Kier molecular flexibility index (Phi) is 4.27. The largest absolute Gasteiger partial charge is 0.504 e. The van der Waals surface area contributed by atoms with Gasteiger partial charge in [-0.1, -0.05) is 12.1 Å². The summed E-state index contributed by atoms with van der Waals surface area (Å²) in [5.74, 6) is -1.77. The number of carbonyl (C=O) groups is 1. The maximum Gasteiger partial charge on any atom is 0.338 e. The molecule has 0 saturated heterocycles. The Hall–Kier alpha value is -2.76. The van der Waals surface area contributed by atoms with Gasteiger partial charge in [-0.2, -0.15) is 0 Å². The van der Waals surface area contributed by atoms with Crippen LogP contribution in [0.5, 0.6) is 11.5 Å². The van der Waals surface area contributed by atoms with Crippen molar-refractivity contribution in [2.75, 3.05) is 12.4 Å². The van der Waals surface area contributed by atoms with Gasteiger partial charge in [-0.05, 0) is 24.3 Å². The standard InChI is InChI=1S/C15H14FNO4/c1-21-13-4-2-3-9(14(13)18)8-17-10-5-6-12(16)11(7-10)15(19)20/h2-7,17-18H,8H2,1H3,(H,19,20). The second kappa shape index (κ2) is 6.13. The summed E-state index contributed by atoms with van der Waals surface area (Å²) in [6.45, 7) is 0.244. The average Bonchev–Trinajstić information content (AvgIpc) is 2.47. The van der Waals surface area contributed by atoms with E-state index in [1.807, 2.05) is 0 Å². The van der Waals surface area contributed by atoms with E-state index in [4.69, 9.17) is 9.84 Å². The summed E-state index contributed by atoms with van der Waals surface area (Å²) in [7, 11) is 1.45. The van der Waals surface area contributed by atoms with Crippen molar-refractivity contribution in [2.45, 2.75) is 6.54 Å². The molecule has 2 aromatic rings. The number of benzene rings is 2. The predicted molar refractivity (Wildman–Crippen MR) is 75.3 cm³/mol. The molecule has 0 aliphatic heterocycles. The number of nitrogens with one attached hydrogen (secondary N) is 1. The van der Waals surface area contributed by atoms with E-state index >= 15 is 0 Å². The molecule has 0 spiro atoms. The van der Waals surface area contributed by atoms with E-state index in [1.165, 1.54) is 19.2 Å². The molecule has 0 bridgehead atoms. The molecule has 2 rings (SSSR count). The Morgan fingerprint density at radius 1 is 1.33 bits per heavy atom. The lowest BCUT2D eigenvalue weighted by Crippen LogP contribution is -2.04. The number of halogens is 1. The van der Waals surface area contributed by atoms with Crippen molar-refractivity contribution < 1.29 is 24.1 Å². The Bertz CT molecular complexity index is 673. The summed E-state index contributed by atoms with van der Waals surface area (Å²) < 4.78 is 18.3. The van der Waals surface area contributed by atoms with Crippen molar-refractivity contribution in [1.82, 2.24) is 0 Å². The third kappa shape index (κ3) is 3.22. The van der Waals surface area contributed by atoms with Crippen LogP contribution in [0.15, 0.2) is 36.4 Å². The number of carboxylic acid groups (broad SMARTS) is 1. The number of rotatable bonds is 5. The minimum Gasteiger partial charge on any atom is -0.504 e. The molecule has 0 atom stereocenters. The summed E-state index contributed by atoms with van der Waals surface area (Å²) in [5.41, 5.74) is 0.612. The van der Waals surface area contributed by atoms with E-state index in [0.717, 1.165) is 6.07 Å². The number of hydrogen-bond acceptors (Lipinski definition) is 4. The summed E-state index contributed by atoms with van der Waals surface area (Å²) >= 11 is 0. The van der Waals surface area contributed by atoms with E-state index in [0.29, 0.717) is 17.0 Å². The van der Waals surface area contributed by atoms with E-state index in [-0.39, 0.29) is 12.3 Å². The molecule has 6 heteroatoms. The number of aromatic carboxylic acids is 1. The van der Waals surface area contributed by atoms with Crippen molar-refractivity contribution in [3.8, 4) is 11.5 Å². The van der Waals surface area contributed by atoms with Crippen molar-refractivity contribution in [3.05, 3.63) is 53.3 Å². The molecule has 21 heavy (non-hydrogen) atoms. The van der Waals surface area contributed by atoms with Gasteiger partial charge in [-0.3, -0.25) is 0 Å². The smallest absolute Gasteiger partial charge is 0.338 e. The Labute approximate surface area is 120 Å². The molecule has 0 heterocycles. The minimum atomic E-state index is -1.33. The summed E-state index contributed by atoms with van der Waals surface area (Å²) in [6.07, 6.45) is 0. The first-order valence-corrected chi connectivity index (χ1v) is 6.14. The molecule has 0 fully saturated rings. The van der Waals surface area contributed by atoms with Gasteiger partial charge in [0.1, 0.15) is 5.82 Å². The van der Waals surface area contributed by atoms with Gasteiger partial charge >= 0.3 is 5.97 Å². The molecular formula is C15H14FNO4. The van der Waals surface area contributed by atoms with E-state index < -0.39 is 17.3 Å². The number of hydrogen-bond donors (Lipinski definition) is 3.